The molecule has 0 saturated carbocycles. The molecular weight excluding hydrogens is 1380 g/mol. The highest BCUT2D eigenvalue weighted by Gasteiger charge is 2.25. The molecule has 524 valence electrons. The van der Waals surface area contributed by atoms with Crippen molar-refractivity contribution in [3.05, 3.63) is 291 Å². The molecule has 0 aliphatic carbocycles. The summed E-state index contributed by atoms with van der Waals surface area (Å²) in [7, 11) is 0. The van der Waals surface area contributed by atoms with Crippen molar-refractivity contribution < 1.29 is 48.2 Å². The maximum atomic E-state index is 9.83. The van der Waals surface area contributed by atoms with Crippen LogP contribution in [0.2, 0.25) is 0 Å². The van der Waals surface area contributed by atoms with Crippen LogP contribution in [0.25, 0.3) is 194 Å². The molecule has 4 heterocycles. The van der Waals surface area contributed by atoms with Crippen LogP contribution in [0.4, 0.5) is 0 Å². The SMILES string of the molecule is OCCOc1ccc2cc(-c3cccc4c3oc3ccccc34)ccc2c1-c1c(OCCO)ccc2cc(-c3cccc4c3oc3ccccc34)ccc12.OCCOc1ccc2cc(-c3cccc4c3sc3ccccc34)ccc2c1-c1c(OCCO)ccc2cc(-c3cccc4c3sc3ccccc34)ccc12. The molecule has 20 rings (SSSR count). The fourth-order valence-corrected chi connectivity index (χ4v) is 18.4. The minimum atomic E-state index is -0.127. The first-order valence-corrected chi connectivity index (χ1v) is 37.9. The third-order valence-electron chi connectivity index (χ3n) is 20.7. The third kappa shape index (κ3) is 11.6. The predicted octanol–water partition coefficient (Wildman–Crippen LogP) is 24.0. The molecule has 10 nitrogen and oxygen atoms in total. The second-order valence-electron chi connectivity index (χ2n) is 26.9. The summed E-state index contributed by atoms with van der Waals surface area (Å²) in [5.74, 6) is 2.58. The van der Waals surface area contributed by atoms with Gasteiger partial charge in [0.15, 0.2) is 0 Å². The van der Waals surface area contributed by atoms with Crippen LogP contribution in [0, 0.1) is 0 Å². The quantitative estimate of drug-likeness (QED) is 0.0655. The van der Waals surface area contributed by atoms with Gasteiger partial charge in [-0.15, -0.1) is 22.7 Å². The van der Waals surface area contributed by atoms with E-state index in [2.05, 4.69) is 231 Å². The first kappa shape index (κ1) is 66.3. The fourth-order valence-electron chi connectivity index (χ4n) is 15.9. The van der Waals surface area contributed by atoms with Crippen LogP contribution in [-0.4, -0.2) is 73.3 Å². The molecule has 0 atom stereocenters. The Morgan fingerprint density at radius 2 is 0.528 bits per heavy atom. The molecule has 4 N–H and O–H groups in total. The molecule has 0 amide bonds. The van der Waals surface area contributed by atoms with Gasteiger partial charge in [-0.05, 0) is 149 Å². The third-order valence-corrected chi connectivity index (χ3v) is 23.1. The van der Waals surface area contributed by atoms with Gasteiger partial charge in [0.05, 0.1) is 26.4 Å². The summed E-state index contributed by atoms with van der Waals surface area (Å²) in [5, 5.41) is 56.8. The fraction of sp³-hybridized carbons (Fsp3) is 0.0833. The van der Waals surface area contributed by atoms with Gasteiger partial charge in [-0.25, -0.2) is 0 Å². The zero-order valence-corrected chi connectivity index (χ0v) is 60.1. The van der Waals surface area contributed by atoms with Gasteiger partial charge in [-0.1, -0.05) is 218 Å². The van der Waals surface area contributed by atoms with Gasteiger partial charge in [-0.3, -0.25) is 0 Å². The number of furan rings is 2. The minimum Gasteiger partial charge on any atom is -0.491 e. The van der Waals surface area contributed by atoms with E-state index in [0.717, 1.165) is 143 Å². The maximum Gasteiger partial charge on any atom is 0.143 e. The largest absolute Gasteiger partial charge is 0.491 e. The maximum absolute atomic E-state index is 9.83. The van der Waals surface area contributed by atoms with Crippen molar-refractivity contribution in [3.63, 3.8) is 0 Å². The van der Waals surface area contributed by atoms with E-state index in [1.807, 2.05) is 83.3 Å². The number of benzene rings is 16. The Labute approximate surface area is 627 Å². The topological polar surface area (TPSA) is 144 Å². The summed E-state index contributed by atoms with van der Waals surface area (Å²) in [5.41, 5.74) is 15.7. The first-order valence-electron chi connectivity index (χ1n) is 36.2. The van der Waals surface area contributed by atoms with E-state index in [9.17, 15) is 20.4 Å². The lowest BCUT2D eigenvalue weighted by Crippen LogP contribution is -2.05. The summed E-state index contributed by atoms with van der Waals surface area (Å²) >= 11 is 3.66. The minimum absolute atomic E-state index is 0.106. The Hall–Kier alpha value is -12.4. The van der Waals surface area contributed by atoms with Crippen molar-refractivity contribution in [1.82, 2.24) is 0 Å². The van der Waals surface area contributed by atoms with Crippen molar-refractivity contribution in [2.45, 2.75) is 0 Å². The molecule has 12 heteroatoms. The van der Waals surface area contributed by atoms with Gasteiger partial charge >= 0.3 is 0 Å². The Balaban J connectivity index is 0.000000147. The van der Waals surface area contributed by atoms with Crippen molar-refractivity contribution in [2.75, 3.05) is 52.9 Å². The smallest absolute Gasteiger partial charge is 0.143 e. The number of fused-ring (bicyclic) bond motifs is 16. The number of aliphatic hydroxyl groups is 4. The van der Waals surface area contributed by atoms with Crippen LogP contribution in [0.15, 0.2) is 300 Å². The number of thiophene rings is 2. The van der Waals surface area contributed by atoms with Gasteiger partial charge in [0.2, 0.25) is 0 Å². The number of aliphatic hydroxyl groups excluding tert-OH is 4. The van der Waals surface area contributed by atoms with Gasteiger partial charge in [0.25, 0.3) is 0 Å². The molecule has 0 aliphatic heterocycles. The molecule has 108 heavy (non-hydrogen) atoms. The summed E-state index contributed by atoms with van der Waals surface area (Å²) in [6, 6.07) is 102. The molecule has 0 fully saturated rings. The first-order chi connectivity index (χ1) is 53.4. The predicted molar refractivity (Wildman–Crippen MR) is 446 cm³/mol. The standard InChI is InChI=1S/C48H34O6.C48H34O4S2/c49-23-25-51-43-21-17-29-27-31(35-9-5-11-39-37-7-1-3-13-41(37)53-47(35)39)15-19-33(29)45(43)46-34-20-16-32(28-30(34)18-22-44(46)52-26-24-50)36-10-6-12-40-38-8-2-4-14-42(38)54-48(36)40;49-23-25-51-41-21-17-29-27-31(35-9-5-11-39-37-7-1-3-13-43(37)53-47(35)39)15-19-33(29)45(41)46-34-20-16-32(28-30(34)18-22-42(46)52-26-24-50)36-10-6-12-40-38-8-2-4-14-44(38)54-48(36)40/h2*1-22,27-28,49-50H,23-26H2. The highest BCUT2D eigenvalue weighted by molar-refractivity contribution is 7.26. The van der Waals surface area contributed by atoms with Crippen LogP contribution in [0.5, 0.6) is 23.0 Å². The van der Waals surface area contributed by atoms with Crippen LogP contribution in [0.1, 0.15) is 0 Å². The van der Waals surface area contributed by atoms with Crippen molar-refractivity contribution in [3.8, 4) is 89.8 Å². The molecule has 0 aliphatic rings. The van der Waals surface area contributed by atoms with E-state index in [0.29, 0.717) is 23.0 Å². The van der Waals surface area contributed by atoms with Crippen LogP contribution < -0.4 is 18.9 Å². The normalized spacial score (nSPS) is 11.8. The monoisotopic (exact) mass is 1440 g/mol. The highest BCUT2D eigenvalue weighted by atomic mass is 32.1. The lowest BCUT2D eigenvalue weighted by atomic mass is 9.89. The number of hydrogen-bond acceptors (Lipinski definition) is 12. The van der Waals surface area contributed by atoms with Gasteiger partial charge in [0, 0.05) is 95.3 Å². The summed E-state index contributed by atoms with van der Waals surface area (Å²) in [6.07, 6.45) is 0. The van der Waals surface area contributed by atoms with E-state index in [4.69, 9.17) is 27.8 Å². The summed E-state index contributed by atoms with van der Waals surface area (Å²) in [4.78, 5) is 0. The van der Waals surface area contributed by atoms with Crippen molar-refractivity contribution in [2.24, 2.45) is 0 Å². The Morgan fingerprint density at radius 3 is 0.870 bits per heavy atom. The molecule has 0 spiro atoms. The van der Waals surface area contributed by atoms with Gasteiger partial charge < -0.3 is 48.2 Å². The average Bonchev–Trinajstić information content (AvgIpc) is 0.884. The second kappa shape index (κ2) is 28.2. The van der Waals surface area contributed by atoms with Crippen molar-refractivity contribution in [1.29, 1.82) is 0 Å². The highest BCUT2D eigenvalue weighted by Crippen LogP contribution is 2.52. The summed E-state index contributed by atoms with van der Waals surface area (Å²) < 4.78 is 43.0. The number of rotatable bonds is 18. The molecule has 20 aromatic rings. The Kier molecular flexibility index (Phi) is 17.3. The molecule has 0 radical (unpaired) electrons. The second-order valence-corrected chi connectivity index (χ2v) is 29.0. The molecule has 16 aromatic carbocycles. The van der Waals surface area contributed by atoms with Crippen LogP contribution in [-0.2, 0) is 0 Å². The van der Waals surface area contributed by atoms with E-state index in [1.54, 1.807) is 0 Å². The zero-order chi connectivity index (χ0) is 72.3. The Bertz CT molecular complexity index is 6090. The molecular formula is C96H68O10S2. The lowest BCUT2D eigenvalue weighted by Gasteiger charge is -2.20. The van der Waals surface area contributed by atoms with E-state index in [-0.39, 0.29) is 52.9 Å². The van der Waals surface area contributed by atoms with Crippen LogP contribution in [0.3, 0.4) is 0 Å². The van der Waals surface area contributed by atoms with Crippen LogP contribution >= 0.6 is 22.7 Å². The molecule has 0 saturated heterocycles. The average molecular weight is 1450 g/mol. The number of para-hydroxylation sites is 4. The number of ether oxygens (including phenoxy) is 4. The zero-order valence-electron chi connectivity index (χ0n) is 58.4. The molecule has 4 aromatic heterocycles. The van der Waals surface area contributed by atoms with Crippen molar-refractivity contribution >= 4 is 150 Å². The molecule has 0 unspecified atom stereocenters. The molecule has 0 bridgehead atoms. The van der Waals surface area contributed by atoms with E-state index in [1.165, 1.54) is 51.5 Å². The summed E-state index contributed by atoms with van der Waals surface area (Å²) in [6.45, 7) is 0.117. The lowest BCUT2D eigenvalue weighted by molar-refractivity contribution is 0.200. The Morgan fingerprint density at radius 1 is 0.241 bits per heavy atom. The van der Waals surface area contributed by atoms with Gasteiger partial charge in [0.1, 0.15) is 71.8 Å². The van der Waals surface area contributed by atoms with Gasteiger partial charge in [-0.2, -0.15) is 0 Å². The van der Waals surface area contributed by atoms with E-state index < -0.39 is 0 Å². The number of hydrogen-bond donors (Lipinski definition) is 4. The van der Waals surface area contributed by atoms with E-state index >= 15 is 0 Å².